The molecule has 2 atom stereocenters. The molecule has 0 aliphatic carbocycles. The summed E-state index contributed by atoms with van der Waals surface area (Å²) in [5, 5.41) is 5.54. The summed E-state index contributed by atoms with van der Waals surface area (Å²) in [5.74, 6) is -1.13. The number of amides is 2. The second-order valence-electron chi connectivity index (χ2n) is 10.6. The van der Waals surface area contributed by atoms with Crippen LogP contribution in [-0.2, 0) is 9.59 Å². The van der Waals surface area contributed by atoms with Gasteiger partial charge in [0.1, 0.15) is 0 Å². The summed E-state index contributed by atoms with van der Waals surface area (Å²) in [4.78, 5) is 48.1. The maximum Gasteiger partial charge on any atom is 0.325 e. The topological polar surface area (TPSA) is 112 Å². The normalized spacial score (nSPS) is 12.9. The number of ketones is 1. The Balaban J connectivity index is 2.15. The number of nitrogens with zero attached hydrogens (tertiary/aromatic N) is 2. The number of nitrogens with one attached hydrogen (secondary N) is 2. The summed E-state index contributed by atoms with van der Waals surface area (Å²) >= 11 is -2.11. The van der Waals surface area contributed by atoms with Crippen molar-refractivity contribution < 1.29 is 19.2 Å². The SMILES string of the molecule is CCCC(NC(=O)[C@H](CC(C)C)NC(=O)c1ccc(-c2cc[c]([Sn]([CH3])([CH3])[CH3])cc2)cc1)C(=O)C=[N+]=[N-]. The van der Waals surface area contributed by atoms with Crippen molar-refractivity contribution in [1.82, 2.24) is 10.6 Å². The van der Waals surface area contributed by atoms with Gasteiger partial charge in [-0.2, -0.15) is 4.79 Å². The zero-order valence-electron chi connectivity index (χ0n) is 22.2. The summed E-state index contributed by atoms with van der Waals surface area (Å²) in [6.07, 6.45) is 2.27. The van der Waals surface area contributed by atoms with E-state index < -0.39 is 42.2 Å². The van der Waals surface area contributed by atoms with Crippen molar-refractivity contribution in [2.45, 2.75) is 66.9 Å². The van der Waals surface area contributed by atoms with E-state index in [0.717, 1.165) is 17.3 Å². The number of benzene rings is 2. The van der Waals surface area contributed by atoms with E-state index >= 15 is 0 Å². The molecule has 2 N–H and O–H groups in total. The fraction of sp³-hybridized carbons (Fsp3) is 0.429. The van der Waals surface area contributed by atoms with E-state index in [2.05, 4.69) is 54.5 Å². The maximum atomic E-state index is 13.0. The van der Waals surface area contributed by atoms with Gasteiger partial charge in [0.2, 0.25) is 0 Å². The van der Waals surface area contributed by atoms with Crippen LogP contribution in [0.5, 0.6) is 0 Å². The largest absolute Gasteiger partial charge is 0.361 e. The second-order valence-corrected chi connectivity index (χ2v) is 25.0. The second kappa shape index (κ2) is 13.5. The van der Waals surface area contributed by atoms with Gasteiger partial charge in [0.25, 0.3) is 5.78 Å². The van der Waals surface area contributed by atoms with Crippen LogP contribution >= 0.6 is 0 Å². The van der Waals surface area contributed by atoms with Crippen LogP contribution in [0.1, 0.15) is 50.4 Å². The fourth-order valence-corrected chi connectivity index (χ4v) is 7.24. The van der Waals surface area contributed by atoms with Gasteiger partial charge in [-0.1, -0.05) is 27.2 Å². The molecule has 36 heavy (non-hydrogen) atoms. The van der Waals surface area contributed by atoms with Crippen molar-refractivity contribution in [3.63, 3.8) is 0 Å². The Labute approximate surface area is 218 Å². The molecule has 0 aliphatic heterocycles. The molecule has 2 aromatic rings. The van der Waals surface area contributed by atoms with Gasteiger partial charge in [-0.05, 0) is 12.3 Å². The van der Waals surface area contributed by atoms with E-state index in [0.29, 0.717) is 24.8 Å². The van der Waals surface area contributed by atoms with E-state index in [1.165, 1.54) is 3.58 Å². The first-order valence-corrected chi connectivity index (χ1v) is 22.5. The van der Waals surface area contributed by atoms with Crippen LogP contribution in [0, 0.1) is 5.92 Å². The standard InChI is InChI=1S/C25H29N4O3.3CH3.Sn/c1-4-8-21(23(30)16-27-26)28-25(32)22(15-17(2)3)29-24(31)20-13-11-19(12-14-20)18-9-6-5-7-10-18;;;;/h6-7,9-14,16-17,21-22H,4,8,15H2,1-3H3,(H,28,32)(H,29,31);3*1H3;/t21?,22-;;;;/m0..../s1. The number of carbonyl (C=O) groups excluding carboxylic acids is 3. The molecule has 2 rings (SSSR count). The van der Waals surface area contributed by atoms with Gasteiger partial charge in [0.05, 0.1) is 6.04 Å². The Morgan fingerprint density at radius 3 is 1.94 bits per heavy atom. The molecule has 0 aromatic heterocycles. The molecule has 0 radical (unpaired) electrons. The molecule has 7 nitrogen and oxygen atoms in total. The van der Waals surface area contributed by atoms with Crippen molar-refractivity contribution >= 4 is 45.8 Å². The first-order chi connectivity index (χ1) is 17.0. The third-order valence-corrected chi connectivity index (χ3v) is 11.9. The van der Waals surface area contributed by atoms with Gasteiger partial charge in [-0.25, -0.2) is 0 Å². The molecule has 1 unspecified atom stereocenters. The first kappa shape index (κ1) is 29.5. The molecule has 192 valence electrons. The quantitative estimate of drug-likeness (QED) is 0.166. The summed E-state index contributed by atoms with van der Waals surface area (Å²) in [6.45, 7) is 5.81. The van der Waals surface area contributed by atoms with Crippen LogP contribution in [0.2, 0.25) is 14.8 Å². The Kier molecular flexibility index (Phi) is 11.1. The van der Waals surface area contributed by atoms with Crippen LogP contribution in [-0.4, -0.2) is 59.1 Å². The maximum absolute atomic E-state index is 13.0. The summed E-state index contributed by atoms with van der Waals surface area (Å²) < 4.78 is 1.46. The van der Waals surface area contributed by atoms with Crippen LogP contribution < -0.4 is 14.2 Å². The molecule has 0 saturated carbocycles. The number of hydrogen-bond donors (Lipinski definition) is 2. The van der Waals surface area contributed by atoms with E-state index in [9.17, 15) is 14.4 Å². The molecular formula is C28H38N4O3Sn. The van der Waals surface area contributed by atoms with E-state index in [4.69, 9.17) is 5.53 Å². The van der Waals surface area contributed by atoms with E-state index in [-0.39, 0.29) is 11.8 Å². The van der Waals surface area contributed by atoms with Crippen molar-refractivity contribution in [3.8, 4) is 11.1 Å². The number of carbonyl (C=O) groups is 3. The van der Waals surface area contributed by atoms with Crippen LogP contribution in [0.25, 0.3) is 16.7 Å². The third-order valence-electron chi connectivity index (χ3n) is 5.98. The number of rotatable bonds is 12. The minimum Gasteiger partial charge on any atom is -0.361 e. The Hall–Kier alpha value is -2.77. The van der Waals surface area contributed by atoms with Gasteiger partial charge in [-0.15, -0.1) is 0 Å². The molecule has 0 fully saturated rings. The average molecular weight is 597 g/mol. The molecular weight excluding hydrogens is 559 g/mol. The predicted octanol–water partition coefficient (Wildman–Crippen LogP) is 4.20. The third kappa shape index (κ3) is 8.71. The molecule has 0 aliphatic rings. The summed E-state index contributed by atoms with van der Waals surface area (Å²) in [6, 6.07) is 14.4. The molecule has 0 heterocycles. The monoisotopic (exact) mass is 598 g/mol. The molecule has 2 aromatic carbocycles. The Morgan fingerprint density at radius 2 is 1.47 bits per heavy atom. The van der Waals surface area contributed by atoms with Gasteiger partial charge in [-0.3, -0.25) is 9.59 Å². The van der Waals surface area contributed by atoms with Crippen LogP contribution in [0.15, 0.2) is 48.5 Å². The van der Waals surface area contributed by atoms with Gasteiger partial charge in [0, 0.05) is 0 Å². The number of Topliss-reactive ketones (excluding diaryl/α,β-unsaturated/α-hetero) is 1. The van der Waals surface area contributed by atoms with Crippen molar-refractivity contribution in [1.29, 1.82) is 0 Å². The van der Waals surface area contributed by atoms with Crippen LogP contribution in [0.3, 0.4) is 0 Å². The zero-order valence-corrected chi connectivity index (χ0v) is 25.0. The van der Waals surface area contributed by atoms with Gasteiger partial charge in [0.15, 0.2) is 0 Å². The first-order valence-electron chi connectivity index (χ1n) is 12.5. The average Bonchev–Trinajstić information content (AvgIpc) is 2.82. The minimum atomic E-state index is -2.11. The Morgan fingerprint density at radius 1 is 0.917 bits per heavy atom. The Bertz CT molecular complexity index is 1100. The fourth-order valence-electron chi connectivity index (χ4n) is 3.91. The molecule has 0 spiro atoms. The number of hydrogen-bond acceptors (Lipinski definition) is 3. The van der Waals surface area contributed by atoms with Crippen molar-refractivity contribution in [3.05, 3.63) is 59.6 Å². The van der Waals surface area contributed by atoms with Crippen molar-refractivity contribution in [2.75, 3.05) is 0 Å². The molecule has 0 bridgehead atoms. The van der Waals surface area contributed by atoms with E-state index in [1.807, 2.05) is 32.9 Å². The van der Waals surface area contributed by atoms with E-state index in [1.54, 1.807) is 12.1 Å². The zero-order chi connectivity index (χ0) is 26.9. The molecule has 0 saturated heterocycles. The minimum absolute atomic E-state index is 0.142. The summed E-state index contributed by atoms with van der Waals surface area (Å²) in [5.41, 5.74) is 11.2. The summed E-state index contributed by atoms with van der Waals surface area (Å²) in [7, 11) is 0. The molecule has 8 heteroatoms. The van der Waals surface area contributed by atoms with Gasteiger partial charge >= 0.3 is 143 Å². The van der Waals surface area contributed by atoms with Crippen LogP contribution in [0.4, 0.5) is 0 Å². The van der Waals surface area contributed by atoms with Crippen molar-refractivity contribution in [2.24, 2.45) is 5.92 Å². The smallest absolute Gasteiger partial charge is 0.325 e. The predicted molar refractivity (Wildman–Crippen MR) is 147 cm³/mol. The van der Waals surface area contributed by atoms with Gasteiger partial charge < -0.3 is 10.8 Å². The molecule has 2 amide bonds.